The fourth-order valence-corrected chi connectivity index (χ4v) is 12.5. The normalized spacial score (nSPS) is 14.3. The maximum atomic E-state index is 13.0. The number of ether oxygens (including phenoxy) is 4. The van der Waals surface area contributed by atoms with Crippen LogP contribution in [0.4, 0.5) is 0 Å². The Morgan fingerprint density at radius 1 is 0.308 bits per heavy atom. The van der Waals surface area contributed by atoms with Crippen molar-refractivity contribution in [2.45, 2.75) is 393 Å². The van der Waals surface area contributed by atoms with E-state index in [4.69, 9.17) is 37.0 Å². The molecule has 3 unspecified atom stereocenters. The molecule has 540 valence electrons. The predicted octanol–water partition coefficient (Wildman–Crippen LogP) is 20.9. The first-order chi connectivity index (χ1) is 44.1. The SMILES string of the molecule is CCCCCCCCCCCCCCCCCCCCCC(=O)O[C@H](COC(=O)CCCCCCCCCCCCC(C)CC)COP(=O)(O)OC[C@@H](O)COP(=O)(O)OC[C@@H](COC(=O)CCCCCCCCCCC)OC(=O)CCCCCCCCCCC. The second-order valence-corrected chi connectivity index (χ2v) is 29.1. The van der Waals surface area contributed by atoms with Crippen molar-refractivity contribution in [3.8, 4) is 0 Å². The molecule has 0 saturated carbocycles. The lowest BCUT2D eigenvalue weighted by Gasteiger charge is -2.21. The number of hydrogen-bond donors (Lipinski definition) is 3. The number of carbonyl (C=O) groups excluding carboxylic acids is 4. The summed E-state index contributed by atoms with van der Waals surface area (Å²) in [5.74, 6) is -1.31. The van der Waals surface area contributed by atoms with Crippen molar-refractivity contribution in [2.75, 3.05) is 39.6 Å². The van der Waals surface area contributed by atoms with Gasteiger partial charge in [-0.2, -0.15) is 0 Å². The van der Waals surface area contributed by atoms with Gasteiger partial charge in [0.1, 0.15) is 19.3 Å². The van der Waals surface area contributed by atoms with Gasteiger partial charge in [0.25, 0.3) is 0 Å². The molecule has 91 heavy (non-hydrogen) atoms. The number of unbranched alkanes of at least 4 members (excludes halogenated alkanes) is 43. The highest BCUT2D eigenvalue weighted by atomic mass is 31.2. The zero-order chi connectivity index (χ0) is 67.0. The third-order valence-corrected chi connectivity index (χ3v) is 19.0. The van der Waals surface area contributed by atoms with E-state index < -0.39 is 97.5 Å². The number of phosphoric ester groups is 2. The summed E-state index contributed by atoms with van der Waals surface area (Å²) >= 11 is 0. The fraction of sp³-hybridized carbons (Fsp3) is 0.944. The fourth-order valence-electron chi connectivity index (χ4n) is 11.0. The van der Waals surface area contributed by atoms with Crippen LogP contribution in [0, 0.1) is 5.92 Å². The van der Waals surface area contributed by atoms with Crippen LogP contribution in [0.2, 0.25) is 0 Å². The molecule has 0 aromatic heterocycles. The van der Waals surface area contributed by atoms with E-state index in [-0.39, 0.29) is 25.7 Å². The summed E-state index contributed by atoms with van der Waals surface area (Å²) in [5, 5.41) is 10.6. The molecule has 0 aromatic rings. The number of phosphoric acid groups is 2. The van der Waals surface area contributed by atoms with Crippen LogP contribution in [0.5, 0.6) is 0 Å². The molecule has 0 bridgehead atoms. The van der Waals surface area contributed by atoms with Crippen molar-refractivity contribution in [2.24, 2.45) is 5.92 Å². The standard InChI is InChI=1S/C72H140O17P2/c1-6-10-13-16-19-22-23-24-25-26-27-28-29-30-31-38-43-48-53-58-72(77)89-68(62-83-70(75)56-51-46-41-37-33-32-36-39-44-49-54-65(5)9-4)64-87-91(80,81)85-60-66(73)59-84-90(78,79)86-63-67(88-71(76)57-52-47-42-35-21-18-15-12-8-3)61-82-69(74)55-50-45-40-34-20-17-14-11-7-2/h65-68,73H,6-64H2,1-5H3,(H,78,79)(H,80,81)/t65?,66-,67+,68+/m0/s1. The van der Waals surface area contributed by atoms with Crippen LogP contribution in [0.25, 0.3) is 0 Å². The van der Waals surface area contributed by atoms with Gasteiger partial charge in [0.2, 0.25) is 0 Å². The second-order valence-electron chi connectivity index (χ2n) is 26.2. The van der Waals surface area contributed by atoms with E-state index in [9.17, 15) is 43.2 Å². The maximum Gasteiger partial charge on any atom is 0.472 e. The number of esters is 4. The lowest BCUT2D eigenvalue weighted by molar-refractivity contribution is -0.161. The van der Waals surface area contributed by atoms with Crippen molar-refractivity contribution < 1.29 is 80.2 Å². The molecule has 0 aliphatic heterocycles. The van der Waals surface area contributed by atoms with Crippen LogP contribution < -0.4 is 0 Å². The Morgan fingerprint density at radius 2 is 0.527 bits per heavy atom. The molecule has 0 aliphatic rings. The summed E-state index contributed by atoms with van der Waals surface area (Å²) in [6.45, 7) is 7.26. The Labute approximate surface area is 556 Å². The first kappa shape index (κ1) is 89.1. The minimum atomic E-state index is -4.95. The third kappa shape index (κ3) is 65.1. The van der Waals surface area contributed by atoms with Crippen LogP contribution in [0.1, 0.15) is 375 Å². The van der Waals surface area contributed by atoms with Gasteiger partial charge >= 0.3 is 39.5 Å². The van der Waals surface area contributed by atoms with Gasteiger partial charge in [-0.15, -0.1) is 0 Å². The Hall–Kier alpha value is -1.94. The van der Waals surface area contributed by atoms with Crippen LogP contribution in [-0.4, -0.2) is 96.7 Å². The van der Waals surface area contributed by atoms with E-state index in [1.807, 2.05) is 0 Å². The number of aliphatic hydroxyl groups is 1. The molecule has 0 spiro atoms. The summed E-state index contributed by atoms with van der Waals surface area (Å²) in [4.78, 5) is 72.5. The minimum absolute atomic E-state index is 0.106. The van der Waals surface area contributed by atoms with E-state index in [0.717, 1.165) is 95.8 Å². The van der Waals surface area contributed by atoms with Gasteiger partial charge in [-0.1, -0.05) is 324 Å². The highest BCUT2D eigenvalue weighted by Gasteiger charge is 2.30. The molecule has 0 amide bonds. The van der Waals surface area contributed by atoms with Crippen LogP contribution in [0.15, 0.2) is 0 Å². The molecular weight excluding hydrogens is 1200 g/mol. The van der Waals surface area contributed by atoms with Crippen molar-refractivity contribution in [1.82, 2.24) is 0 Å². The summed E-state index contributed by atoms with van der Waals surface area (Å²) in [5.41, 5.74) is 0. The Kier molecular flexibility index (Phi) is 64.0. The molecule has 0 aliphatic carbocycles. The molecule has 0 fully saturated rings. The zero-order valence-corrected chi connectivity index (χ0v) is 60.8. The number of aliphatic hydroxyl groups excluding tert-OH is 1. The average Bonchev–Trinajstić information content (AvgIpc) is 3.37. The van der Waals surface area contributed by atoms with Gasteiger partial charge in [0.15, 0.2) is 12.2 Å². The van der Waals surface area contributed by atoms with Gasteiger partial charge < -0.3 is 33.8 Å². The lowest BCUT2D eigenvalue weighted by Crippen LogP contribution is -2.30. The molecule has 0 heterocycles. The first-order valence-electron chi connectivity index (χ1n) is 37.7. The van der Waals surface area contributed by atoms with Crippen LogP contribution in [0.3, 0.4) is 0 Å². The largest absolute Gasteiger partial charge is 0.472 e. The molecule has 0 aromatic carbocycles. The summed E-state index contributed by atoms with van der Waals surface area (Å²) in [6.07, 6.45) is 52.7. The molecule has 19 heteroatoms. The topological polar surface area (TPSA) is 237 Å². The molecule has 6 atom stereocenters. The van der Waals surface area contributed by atoms with Crippen LogP contribution in [-0.2, 0) is 65.4 Å². The Bertz CT molecular complexity index is 1760. The van der Waals surface area contributed by atoms with E-state index >= 15 is 0 Å². The van der Waals surface area contributed by atoms with Crippen molar-refractivity contribution >= 4 is 39.5 Å². The molecule has 0 saturated heterocycles. The van der Waals surface area contributed by atoms with Gasteiger partial charge in [0, 0.05) is 25.7 Å². The monoisotopic (exact) mass is 1340 g/mol. The maximum absolute atomic E-state index is 13.0. The van der Waals surface area contributed by atoms with E-state index in [1.165, 1.54) is 199 Å². The summed E-state index contributed by atoms with van der Waals surface area (Å²) in [6, 6.07) is 0. The molecule has 0 rings (SSSR count). The van der Waals surface area contributed by atoms with E-state index in [2.05, 4.69) is 34.6 Å². The zero-order valence-electron chi connectivity index (χ0n) is 59.0. The summed E-state index contributed by atoms with van der Waals surface area (Å²) < 4.78 is 68.3. The Balaban J connectivity index is 5.19. The highest BCUT2D eigenvalue weighted by molar-refractivity contribution is 7.47. The van der Waals surface area contributed by atoms with Gasteiger partial charge in [0.05, 0.1) is 26.4 Å². The second kappa shape index (κ2) is 65.4. The van der Waals surface area contributed by atoms with Crippen molar-refractivity contribution in [3.63, 3.8) is 0 Å². The molecule has 0 radical (unpaired) electrons. The van der Waals surface area contributed by atoms with Gasteiger partial charge in [-0.3, -0.25) is 37.3 Å². The number of hydrogen-bond acceptors (Lipinski definition) is 15. The highest BCUT2D eigenvalue weighted by Crippen LogP contribution is 2.45. The van der Waals surface area contributed by atoms with E-state index in [0.29, 0.717) is 25.7 Å². The van der Waals surface area contributed by atoms with Crippen LogP contribution >= 0.6 is 15.6 Å². The third-order valence-electron chi connectivity index (χ3n) is 17.1. The van der Waals surface area contributed by atoms with E-state index in [1.54, 1.807) is 0 Å². The summed E-state index contributed by atoms with van der Waals surface area (Å²) in [7, 11) is -9.90. The van der Waals surface area contributed by atoms with Crippen molar-refractivity contribution in [1.29, 1.82) is 0 Å². The smallest absolute Gasteiger partial charge is 0.462 e. The minimum Gasteiger partial charge on any atom is -0.462 e. The lowest BCUT2D eigenvalue weighted by atomic mass is 9.99. The van der Waals surface area contributed by atoms with Gasteiger partial charge in [-0.25, -0.2) is 9.13 Å². The Morgan fingerprint density at radius 3 is 0.780 bits per heavy atom. The number of carbonyl (C=O) groups is 4. The quantitative estimate of drug-likeness (QED) is 0.0222. The molecule has 17 nitrogen and oxygen atoms in total. The van der Waals surface area contributed by atoms with Crippen molar-refractivity contribution in [3.05, 3.63) is 0 Å². The number of rotatable bonds is 72. The first-order valence-corrected chi connectivity index (χ1v) is 40.7. The average molecular weight is 1340 g/mol. The molecular formula is C72H140O17P2. The predicted molar refractivity (Wildman–Crippen MR) is 368 cm³/mol. The van der Waals surface area contributed by atoms with Gasteiger partial charge in [-0.05, 0) is 31.6 Å². The molecule has 3 N–H and O–H groups in total.